The molecule has 2 nitrogen and oxygen atoms in total. The first-order chi connectivity index (χ1) is 3.29. The van der Waals surface area contributed by atoms with Crippen LogP contribution in [0.1, 0.15) is 0 Å². The summed E-state index contributed by atoms with van der Waals surface area (Å²) in [5.41, 5.74) is 0. The molecule has 0 aliphatic rings. The molecule has 0 aliphatic heterocycles. The molecule has 0 aliphatic carbocycles. The Balaban J connectivity index is 3.04. The zero-order chi connectivity index (χ0) is 5.28. The molecular weight excluding hydrogens is 90.1 g/mol. The van der Waals surface area contributed by atoms with Crippen molar-refractivity contribution in [2.24, 2.45) is 7.05 Å². The van der Waals surface area contributed by atoms with Gasteiger partial charge in [0.25, 0.3) is 0 Å². The summed E-state index contributed by atoms with van der Waals surface area (Å²) < 4.78 is 1.72. The molecule has 7 heavy (non-hydrogen) atoms. The van der Waals surface area contributed by atoms with E-state index in [4.69, 9.17) is 0 Å². The largest absolute Gasteiger partial charge is 0.871 e. The van der Waals surface area contributed by atoms with Crippen molar-refractivity contribution in [2.45, 2.75) is 0 Å². The molecule has 0 fully saturated rings. The summed E-state index contributed by atoms with van der Waals surface area (Å²) in [4.78, 5) is 0. The highest BCUT2D eigenvalue weighted by atomic mass is 16.3. The van der Waals surface area contributed by atoms with Crippen LogP contribution in [0.4, 0.5) is 0 Å². The molecule has 0 bridgehead atoms. The van der Waals surface area contributed by atoms with Crippen molar-refractivity contribution in [2.75, 3.05) is 0 Å². The van der Waals surface area contributed by atoms with Crippen LogP contribution in [0.2, 0.25) is 0 Å². The molecule has 0 radical (unpaired) electrons. The highest BCUT2D eigenvalue weighted by Crippen LogP contribution is 1.99. The summed E-state index contributed by atoms with van der Waals surface area (Å²) >= 11 is 0. The third-order valence-electron chi connectivity index (χ3n) is 0.805. The SMILES string of the molecule is Cn1ccc([O-])c1. The first kappa shape index (κ1) is 4.24. The molecule has 0 aromatic carbocycles. The number of aryl methyl sites for hydroxylation is 1. The van der Waals surface area contributed by atoms with Gasteiger partial charge in [0.05, 0.1) is 0 Å². The van der Waals surface area contributed by atoms with Crippen molar-refractivity contribution < 1.29 is 5.11 Å². The minimum absolute atomic E-state index is 0.0718. The minimum atomic E-state index is 0.0718. The molecule has 1 rings (SSSR count). The first-order valence-corrected chi connectivity index (χ1v) is 2.08. The van der Waals surface area contributed by atoms with E-state index in [2.05, 4.69) is 0 Å². The van der Waals surface area contributed by atoms with E-state index < -0.39 is 0 Å². The van der Waals surface area contributed by atoms with E-state index >= 15 is 0 Å². The van der Waals surface area contributed by atoms with Gasteiger partial charge in [0, 0.05) is 13.2 Å². The number of rotatable bonds is 0. The highest BCUT2D eigenvalue weighted by molar-refractivity contribution is 5.12. The Labute approximate surface area is 42.0 Å². The van der Waals surface area contributed by atoms with Crippen LogP contribution in [-0.2, 0) is 7.05 Å². The third-order valence-corrected chi connectivity index (χ3v) is 0.805. The zero-order valence-electron chi connectivity index (χ0n) is 4.09. The summed E-state index contributed by atoms with van der Waals surface area (Å²) in [6.07, 6.45) is 3.25. The van der Waals surface area contributed by atoms with E-state index in [1.165, 1.54) is 12.3 Å². The molecule has 1 heterocycles. The van der Waals surface area contributed by atoms with Crippen LogP contribution < -0.4 is 5.11 Å². The average Bonchev–Trinajstić information content (AvgIpc) is 1.87. The van der Waals surface area contributed by atoms with E-state index in [1.54, 1.807) is 10.8 Å². The van der Waals surface area contributed by atoms with E-state index in [-0.39, 0.29) is 5.75 Å². The Bertz CT molecular complexity index is 140. The second-order valence-corrected chi connectivity index (χ2v) is 1.51. The Morgan fingerprint density at radius 1 is 1.71 bits per heavy atom. The molecule has 0 atom stereocenters. The van der Waals surface area contributed by atoms with Crippen LogP contribution in [0.3, 0.4) is 0 Å². The van der Waals surface area contributed by atoms with Gasteiger partial charge >= 0.3 is 0 Å². The summed E-state index contributed by atoms with van der Waals surface area (Å²) in [5.74, 6) is 0.0718. The molecule has 0 spiro atoms. The zero-order valence-corrected chi connectivity index (χ0v) is 4.09. The summed E-state index contributed by atoms with van der Waals surface area (Å²) in [6.45, 7) is 0. The van der Waals surface area contributed by atoms with E-state index in [1.807, 2.05) is 7.05 Å². The Hall–Kier alpha value is -0.920. The average molecular weight is 96.1 g/mol. The molecule has 0 amide bonds. The predicted molar refractivity (Wildman–Crippen MR) is 24.9 cm³/mol. The van der Waals surface area contributed by atoms with Crippen LogP contribution in [0.5, 0.6) is 5.75 Å². The molecule has 1 aromatic rings. The summed E-state index contributed by atoms with van der Waals surface area (Å²) in [5, 5.41) is 10.3. The molecule has 38 valence electrons. The fourth-order valence-corrected chi connectivity index (χ4v) is 0.478. The smallest absolute Gasteiger partial charge is 0.0106 e. The molecular formula is C5H6NO-. The van der Waals surface area contributed by atoms with Crippen LogP contribution in [0.25, 0.3) is 0 Å². The molecule has 0 saturated carbocycles. The monoisotopic (exact) mass is 96.0 g/mol. The van der Waals surface area contributed by atoms with E-state index in [9.17, 15) is 5.11 Å². The Kier molecular flexibility index (Phi) is 0.785. The maximum Gasteiger partial charge on any atom is 0.0106 e. The van der Waals surface area contributed by atoms with Crippen LogP contribution in [0.15, 0.2) is 18.5 Å². The number of hydrogen-bond donors (Lipinski definition) is 0. The minimum Gasteiger partial charge on any atom is -0.871 e. The molecule has 0 unspecified atom stereocenters. The maximum atomic E-state index is 10.3. The lowest BCUT2D eigenvalue weighted by Crippen LogP contribution is -1.85. The lowest BCUT2D eigenvalue weighted by Gasteiger charge is -1.92. The second-order valence-electron chi connectivity index (χ2n) is 1.51. The molecule has 1 aromatic heterocycles. The number of nitrogens with zero attached hydrogens (tertiary/aromatic N) is 1. The number of aromatic nitrogens is 1. The van der Waals surface area contributed by atoms with Crippen molar-refractivity contribution in [3.63, 3.8) is 0 Å². The maximum absolute atomic E-state index is 10.3. The lowest BCUT2D eigenvalue weighted by atomic mass is 10.6. The standard InChI is InChI=1S/C5H7NO/c1-6-3-2-5(7)4-6/h2-4,7H,1H3/p-1. The van der Waals surface area contributed by atoms with Gasteiger partial charge in [0.2, 0.25) is 0 Å². The van der Waals surface area contributed by atoms with Gasteiger partial charge in [-0.25, -0.2) is 0 Å². The van der Waals surface area contributed by atoms with Crippen LogP contribution in [0, 0.1) is 0 Å². The second kappa shape index (κ2) is 1.30. The fourth-order valence-electron chi connectivity index (χ4n) is 0.478. The van der Waals surface area contributed by atoms with Gasteiger partial charge < -0.3 is 9.67 Å². The normalized spacial score (nSPS) is 9.29. The lowest BCUT2D eigenvalue weighted by molar-refractivity contribution is -0.268. The van der Waals surface area contributed by atoms with E-state index in [0.29, 0.717) is 0 Å². The highest BCUT2D eigenvalue weighted by Gasteiger charge is 1.74. The topological polar surface area (TPSA) is 28.0 Å². The number of hydrogen-bond acceptors (Lipinski definition) is 1. The van der Waals surface area contributed by atoms with Gasteiger partial charge in [-0.1, -0.05) is 11.8 Å². The van der Waals surface area contributed by atoms with Gasteiger partial charge in [-0.3, -0.25) is 0 Å². The van der Waals surface area contributed by atoms with Crippen LogP contribution >= 0.6 is 0 Å². The first-order valence-electron chi connectivity index (χ1n) is 2.08. The molecule has 0 saturated heterocycles. The van der Waals surface area contributed by atoms with Crippen LogP contribution in [-0.4, -0.2) is 4.57 Å². The quantitative estimate of drug-likeness (QED) is 0.450. The van der Waals surface area contributed by atoms with Crippen molar-refractivity contribution in [1.29, 1.82) is 0 Å². The van der Waals surface area contributed by atoms with Gasteiger partial charge in [-0.2, -0.15) is 0 Å². The predicted octanol–water partition coefficient (Wildman–Crippen LogP) is 0.0987. The van der Waals surface area contributed by atoms with Gasteiger partial charge in [-0.05, 0) is 6.20 Å². The molecule has 0 N–H and O–H groups in total. The van der Waals surface area contributed by atoms with Crippen molar-refractivity contribution >= 4 is 0 Å². The van der Waals surface area contributed by atoms with Crippen molar-refractivity contribution in [3.05, 3.63) is 18.5 Å². The fraction of sp³-hybridized carbons (Fsp3) is 0.200. The van der Waals surface area contributed by atoms with Gasteiger partial charge in [-0.15, -0.1) is 0 Å². The Morgan fingerprint density at radius 3 is 2.57 bits per heavy atom. The third kappa shape index (κ3) is 0.738. The molecule has 2 heteroatoms. The summed E-state index contributed by atoms with van der Waals surface area (Å²) in [6, 6.07) is 1.53. The summed E-state index contributed by atoms with van der Waals surface area (Å²) in [7, 11) is 1.82. The van der Waals surface area contributed by atoms with Crippen molar-refractivity contribution in [1.82, 2.24) is 4.57 Å². The van der Waals surface area contributed by atoms with Crippen molar-refractivity contribution in [3.8, 4) is 5.75 Å². The Morgan fingerprint density at radius 2 is 2.43 bits per heavy atom. The van der Waals surface area contributed by atoms with Gasteiger partial charge in [0.15, 0.2) is 0 Å². The van der Waals surface area contributed by atoms with E-state index in [0.717, 1.165) is 0 Å². The van der Waals surface area contributed by atoms with Gasteiger partial charge in [0.1, 0.15) is 0 Å².